The number of aromatic nitrogens is 4. The first-order chi connectivity index (χ1) is 14.6. The van der Waals surface area contributed by atoms with Gasteiger partial charge < -0.3 is 14.4 Å². The number of carbonyl (C=O) groups excluding carboxylic acids is 1. The van der Waals surface area contributed by atoms with E-state index in [-0.39, 0.29) is 18.5 Å². The number of carbonyl (C=O) groups is 1. The molecule has 0 spiro atoms. The van der Waals surface area contributed by atoms with Gasteiger partial charge in [0.2, 0.25) is 11.7 Å². The zero-order chi connectivity index (χ0) is 21.1. The van der Waals surface area contributed by atoms with E-state index in [0.29, 0.717) is 12.4 Å². The summed E-state index contributed by atoms with van der Waals surface area (Å²) in [6, 6.07) is 13.5. The number of methoxy groups -OCH3 is 2. The third kappa shape index (κ3) is 3.98. The molecule has 0 radical (unpaired) electrons. The molecule has 4 rings (SSSR count). The van der Waals surface area contributed by atoms with E-state index in [9.17, 15) is 4.79 Å². The topological polar surface area (TPSA) is 82.4 Å². The second-order valence-corrected chi connectivity index (χ2v) is 7.36. The van der Waals surface area contributed by atoms with E-state index in [2.05, 4.69) is 15.4 Å². The van der Waals surface area contributed by atoms with Crippen LogP contribution >= 0.6 is 0 Å². The monoisotopic (exact) mass is 407 g/mol. The van der Waals surface area contributed by atoms with E-state index < -0.39 is 0 Å². The molecule has 2 aromatic carbocycles. The Labute approximate surface area is 175 Å². The lowest BCUT2D eigenvalue weighted by Gasteiger charge is -2.26. The van der Waals surface area contributed by atoms with E-state index in [4.69, 9.17) is 9.47 Å². The van der Waals surface area contributed by atoms with E-state index in [1.165, 1.54) is 4.80 Å². The van der Waals surface area contributed by atoms with Gasteiger partial charge in [-0.2, -0.15) is 4.80 Å². The van der Waals surface area contributed by atoms with Gasteiger partial charge in [0.25, 0.3) is 0 Å². The third-order valence-corrected chi connectivity index (χ3v) is 5.41. The van der Waals surface area contributed by atoms with Gasteiger partial charge in [0.05, 0.1) is 20.3 Å². The molecule has 1 aliphatic heterocycles. The maximum Gasteiger partial charge on any atom is 0.246 e. The lowest BCUT2D eigenvalue weighted by molar-refractivity contribution is -0.133. The van der Waals surface area contributed by atoms with Crippen molar-refractivity contribution < 1.29 is 14.3 Å². The molecule has 0 N–H and O–H groups in total. The van der Waals surface area contributed by atoms with Crippen LogP contribution in [0.1, 0.15) is 30.0 Å². The van der Waals surface area contributed by atoms with Crippen molar-refractivity contribution in [1.82, 2.24) is 25.1 Å². The van der Waals surface area contributed by atoms with Crippen molar-refractivity contribution in [2.24, 2.45) is 0 Å². The van der Waals surface area contributed by atoms with Gasteiger partial charge in [-0.25, -0.2) is 0 Å². The highest BCUT2D eigenvalue weighted by Gasteiger charge is 2.32. The van der Waals surface area contributed by atoms with Crippen LogP contribution in [-0.4, -0.2) is 51.8 Å². The first-order valence-corrected chi connectivity index (χ1v) is 9.95. The molecule has 1 unspecified atom stereocenters. The van der Waals surface area contributed by atoms with Crippen LogP contribution in [0, 0.1) is 6.92 Å². The van der Waals surface area contributed by atoms with Gasteiger partial charge in [0.1, 0.15) is 18.0 Å². The maximum absolute atomic E-state index is 13.1. The Morgan fingerprint density at radius 1 is 1.13 bits per heavy atom. The van der Waals surface area contributed by atoms with Gasteiger partial charge in [0, 0.05) is 17.7 Å². The van der Waals surface area contributed by atoms with Gasteiger partial charge in [0.15, 0.2) is 0 Å². The largest absolute Gasteiger partial charge is 0.497 e. The Hall–Kier alpha value is -3.42. The van der Waals surface area contributed by atoms with Crippen molar-refractivity contribution in [3.63, 3.8) is 0 Å². The number of tetrazole rings is 1. The average Bonchev–Trinajstić information content (AvgIpc) is 3.43. The SMILES string of the molecule is COc1ccc(OC)c(C2CCCN2C(=O)Cn2nnc(-c3ccc(C)cc3)n2)c1. The highest BCUT2D eigenvalue weighted by molar-refractivity contribution is 5.77. The summed E-state index contributed by atoms with van der Waals surface area (Å²) in [6.45, 7) is 2.75. The Balaban J connectivity index is 1.52. The fraction of sp³-hybridized carbons (Fsp3) is 0.364. The number of rotatable bonds is 6. The molecule has 0 bridgehead atoms. The molecule has 0 aliphatic carbocycles. The van der Waals surface area contributed by atoms with Crippen molar-refractivity contribution in [3.8, 4) is 22.9 Å². The van der Waals surface area contributed by atoms with Crippen LogP contribution in [-0.2, 0) is 11.3 Å². The second kappa shape index (κ2) is 8.52. The zero-order valence-electron chi connectivity index (χ0n) is 17.4. The van der Waals surface area contributed by atoms with Crippen LogP contribution < -0.4 is 9.47 Å². The summed E-state index contributed by atoms with van der Waals surface area (Å²) in [5.41, 5.74) is 2.99. The molecule has 0 saturated carbocycles. The van der Waals surface area contributed by atoms with Crippen LogP contribution in [0.5, 0.6) is 11.5 Å². The van der Waals surface area contributed by atoms with Crippen molar-refractivity contribution >= 4 is 5.91 Å². The minimum absolute atomic E-state index is 0.0433. The number of ether oxygens (including phenoxy) is 2. The van der Waals surface area contributed by atoms with Crippen molar-refractivity contribution in [2.45, 2.75) is 32.4 Å². The summed E-state index contributed by atoms with van der Waals surface area (Å²) in [4.78, 5) is 16.3. The molecule has 1 fully saturated rings. The first kappa shape index (κ1) is 19.9. The van der Waals surface area contributed by atoms with Gasteiger partial charge in [-0.15, -0.1) is 10.2 Å². The molecule has 3 aromatic rings. The number of benzene rings is 2. The number of hydrogen-bond donors (Lipinski definition) is 0. The Bertz CT molecular complexity index is 1030. The van der Waals surface area contributed by atoms with E-state index >= 15 is 0 Å². The molecule has 1 atom stereocenters. The number of likely N-dealkylation sites (tertiary alicyclic amines) is 1. The summed E-state index contributed by atoms with van der Waals surface area (Å²) < 4.78 is 10.9. The lowest BCUT2D eigenvalue weighted by atomic mass is 10.0. The van der Waals surface area contributed by atoms with Gasteiger partial charge in [-0.05, 0) is 43.2 Å². The highest BCUT2D eigenvalue weighted by atomic mass is 16.5. The molecule has 1 saturated heterocycles. The normalized spacial score (nSPS) is 16.0. The summed E-state index contributed by atoms with van der Waals surface area (Å²) in [7, 11) is 3.27. The van der Waals surface area contributed by atoms with Crippen LogP contribution in [0.2, 0.25) is 0 Å². The summed E-state index contributed by atoms with van der Waals surface area (Å²) >= 11 is 0. The predicted molar refractivity (Wildman–Crippen MR) is 111 cm³/mol. The highest BCUT2D eigenvalue weighted by Crippen LogP contribution is 2.39. The standard InChI is InChI=1S/C22H25N5O3/c1-15-6-8-16(9-7-15)22-23-25-27(24-22)14-21(28)26-12-4-5-19(26)18-13-17(29-2)10-11-20(18)30-3/h6-11,13,19H,4-5,12,14H2,1-3H3. The average molecular weight is 407 g/mol. The predicted octanol–water partition coefficient (Wildman–Crippen LogP) is 3.03. The van der Waals surface area contributed by atoms with Crippen LogP contribution in [0.3, 0.4) is 0 Å². The number of nitrogens with zero attached hydrogens (tertiary/aromatic N) is 5. The fourth-order valence-electron chi connectivity index (χ4n) is 3.83. The van der Waals surface area contributed by atoms with Gasteiger partial charge in [-0.3, -0.25) is 4.79 Å². The maximum atomic E-state index is 13.1. The number of amides is 1. The summed E-state index contributed by atoms with van der Waals surface area (Å²) in [5, 5.41) is 12.5. The van der Waals surface area contributed by atoms with Crippen molar-refractivity contribution in [3.05, 3.63) is 53.6 Å². The van der Waals surface area contributed by atoms with Crippen LogP contribution in [0.4, 0.5) is 0 Å². The number of aryl methyl sites for hydroxylation is 1. The molecular formula is C22H25N5O3. The fourth-order valence-corrected chi connectivity index (χ4v) is 3.83. The molecule has 30 heavy (non-hydrogen) atoms. The van der Waals surface area contributed by atoms with E-state index in [1.54, 1.807) is 14.2 Å². The molecular weight excluding hydrogens is 382 g/mol. The molecule has 156 valence electrons. The van der Waals surface area contributed by atoms with Gasteiger partial charge in [-0.1, -0.05) is 29.8 Å². The smallest absolute Gasteiger partial charge is 0.246 e. The zero-order valence-corrected chi connectivity index (χ0v) is 17.4. The molecule has 1 amide bonds. The van der Waals surface area contributed by atoms with Crippen molar-refractivity contribution in [2.75, 3.05) is 20.8 Å². The minimum atomic E-state index is -0.0670. The van der Waals surface area contributed by atoms with Crippen LogP contribution in [0.15, 0.2) is 42.5 Å². The summed E-state index contributed by atoms with van der Waals surface area (Å²) in [5.74, 6) is 1.96. The molecule has 8 nitrogen and oxygen atoms in total. The Morgan fingerprint density at radius 2 is 1.93 bits per heavy atom. The first-order valence-electron chi connectivity index (χ1n) is 9.95. The Kier molecular flexibility index (Phi) is 5.65. The summed E-state index contributed by atoms with van der Waals surface area (Å²) in [6.07, 6.45) is 1.80. The van der Waals surface area contributed by atoms with Gasteiger partial charge >= 0.3 is 0 Å². The second-order valence-electron chi connectivity index (χ2n) is 7.36. The molecule has 1 aromatic heterocycles. The Morgan fingerprint density at radius 3 is 2.67 bits per heavy atom. The third-order valence-electron chi connectivity index (χ3n) is 5.41. The molecule has 1 aliphatic rings. The molecule has 2 heterocycles. The van der Waals surface area contributed by atoms with E-state index in [0.717, 1.165) is 41.0 Å². The minimum Gasteiger partial charge on any atom is -0.497 e. The van der Waals surface area contributed by atoms with Crippen molar-refractivity contribution in [1.29, 1.82) is 0 Å². The van der Waals surface area contributed by atoms with E-state index in [1.807, 2.05) is 54.3 Å². The number of hydrogen-bond acceptors (Lipinski definition) is 6. The molecule has 8 heteroatoms. The van der Waals surface area contributed by atoms with Crippen LogP contribution in [0.25, 0.3) is 11.4 Å². The lowest BCUT2D eigenvalue weighted by Crippen LogP contribution is -2.34. The quantitative estimate of drug-likeness (QED) is 0.625.